The Morgan fingerprint density at radius 2 is 2.27 bits per heavy atom. The Kier molecular flexibility index (Phi) is 5.31. The Balaban J connectivity index is 1.93. The zero-order chi connectivity index (χ0) is 18.5. The standard InChI is InChI=1S/C18H21N5O3/c1-2-9-22-17(25)14(16(24)21-18(22)26)12-20-23-10-4-3-7-15(23)13-6-5-8-19-11-13/h2,5-6,8,11-12,15,25H,1,3-4,7,9-10H2,(H,21,24,26)/b20-12+/t15-/m0/s1. The number of nitrogens with zero attached hydrogens (tertiary/aromatic N) is 4. The summed E-state index contributed by atoms with van der Waals surface area (Å²) in [4.78, 5) is 30.2. The number of aromatic hydroxyl groups is 1. The molecule has 0 aliphatic carbocycles. The van der Waals surface area contributed by atoms with Crippen LogP contribution in [-0.2, 0) is 6.54 Å². The molecule has 0 radical (unpaired) electrons. The number of rotatable bonds is 5. The van der Waals surface area contributed by atoms with Crippen LogP contribution in [0.1, 0.15) is 36.4 Å². The second-order valence-corrected chi connectivity index (χ2v) is 6.10. The Morgan fingerprint density at radius 1 is 1.42 bits per heavy atom. The maximum absolute atomic E-state index is 12.1. The largest absolute Gasteiger partial charge is 0.494 e. The van der Waals surface area contributed by atoms with E-state index >= 15 is 0 Å². The highest BCUT2D eigenvalue weighted by atomic mass is 16.3. The lowest BCUT2D eigenvalue weighted by Crippen LogP contribution is -2.33. The molecule has 8 heteroatoms. The highest BCUT2D eigenvalue weighted by Crippen LogP contribution is 2.30. The summed E-state index contributed by atoms with van der Waals surface area (Å²) in [6.45, 7) is 4.37. The second kappa shape index (κ2) is 7.81. The van der Waals surface area contributed by atoms with Gasteiger partial charge in [-0.15, -0.1) is 6.58 Å². The summed E-state index contributed by atoms with van der Waals surface area (Å²) >= 11 is 0. The van der Waals surface area contributed by atoms with Gasteiger partial charge in [0, 0.05) is 25.5 Å². The molecule has 1 atom stereocenters. The van der Waals surface area contributed by atoms with Gasteiger partial charge in [-0.2, -0.15) is 5.10 Å². The second-order valence-electron chi connectivity index (χ2n) is 6.10. The Bertz CT molecular complexity index is 917. The zero-order valence-electron chi connectivity index (χ0n) is 14.3. The van der Waals surface area contributed by atoms with Crippen molar-refractivity contribution in [3.05, 3.63) is 69.1 Å². The SMILES string of the molecule is C=CCn1c(O)c(/C=N/N2CCCC[C@H]2c2cccnc2)c(=O)[nH]c1=O. The van der Waals surface area contributed by atoms with Gasteiger partial charge in [-0.1, -0.05) is 12.1 Å². The van der Waals surface area contributed by atoms with Gasteiger partial charge in [0.05, 0.1) is 12.3 Å². The molecule has 0 spiro atoms. The van der Waals surface area contributed by atoms with Crippen molar-refractivity contribution in [2.24, 2.45) is 5.10 Å². The topological polar surface area (TPSA) is 104 Å². The summed E-state index contributed by atoms with van der Waals surface area (Å²) in [7, 11) is 0. The van der Waals surface area contributed by atoms with Crippen LogP contribution in [0.2, 0.25) is 0 Å². The van der Waals surface area contributed by atoms with Gasteiger partial charge in [-0.25, -0.2) is 4.79 Å². The number of piperidine rings is 1. The average molecular weight is 355 g/mol. The number of hydrazone groups is 1. The normalized spacial score (nSPS) is 17.5. The monoisotopic (exact) mass is 355 g/mol. The fourth-order valence-corrected chi connectivity index (χ4v) is 3.09. The highest BCUT2D eigenvalue weighted by Gasteiger charge is 2.23. The molecule has 1 saturated heterocycles. The van der Waals surface area contributed by atoms with Crippen LogP contribution >= 0.6 is 0 Å². The van der Waals surface area contributed by atoms with E-state index in [4.69, 9.17) is 0 Å². The van der Waals surface area contributed by atoms with Crippen LogP contribution in [0.25, 0.3) is 0 Å². The van der Waals surface area contributed by atoms with Crippen LogP contribution in [0.15, 0.2) is 51.9 Å². The molecule has 3 heterocycles. The van der Waals surface area contributed by atoms with E-state index in [2.05, 4.69) is 21.6 Å². The molecular formula is C18H21N5O3. The first kappa shape index (κ1) is 17.7. The quantitative estimate of drug-likeness (QED) is 0.623. The molecule has 136 valence electrons. The number of aromatic amines is 1. The Morgan fingerprint density at radius 3 is 3.00 bits per heavy atom. The molecule has 8 nitrogen and oxygen atoms in total. The molecule has 0 amide bonds. The smallest absolute Gasteiger partial charge is 0.331 e. The maximum atomic E-state index is 12.1. The first-order chi connectivity index (χ1) is 12.6. The molecule has 0 saturated carbocycles. The number of hydrogen-bond acceptors (Lipinski definition) is 6. The number of allylic oxidation sites excluding steroid dienone is 1. The molecule has 2 aromatic rings. The average Bonchev–Trinajstić information content (AvgIpc) is 2.66. The van der Waals surface area contributed by atoms with Gasteiger partial charge >= 0.3 is 5.69 Å². The van der Waals surface area contributed by atoms with E-state index < -0.39 is 17.1 Å². The van der Waals surface area contributed by atoms with Gasteiger partial charge in [0.1, 0.15) is 5.56 Å². The molecule has 1 aliphatic rings. The van der Waals surface area contributed by atoms with E-state index in [1.807, 2.05) is 23.3 Å². The molecule has 3 rings (SSSR count). The fourth-order valence-electron chi connectivity index (χ4n) is 3.09. The molecule has 2 N–H and O–H groups in total. The lowest BCUT2D eigenvalue weighted by Gasteiger charge is -2.33. The summed E-state index contributed by atoms with van der Waals surface area (Å²) in [5.41, 5.74) is -0.358. The minimum absolute atomic E-state index is 0.0537. The van der Waals surface area contributed by atoms with Crippen molar-refractivity contribution in [2.75, 3.05) is 6.54 Å². The van der Waals surface area contributed by atoms with E-state index in [9.17, 15) is 14.7 Å². The number of aromatic nitrogens is 3. The van der Waals surface area contributed by atoms with Gasteiger partial charge in [-0.3, -0.25) is 24.3 Å². The van der Waals surface area contributed by atoms with Crippen LogP contribution in [0.4, 0.5) is 0 Å². The molecule has 1 aliphatic heterocycles. The lowest BCUT2D eigenvalue weighted by atomic mass is 9.98. The van der Waals surface area contributed by atoms with Gasteiger partial charge < -0.3 is 5.11 Å². The Hall–Kier alpha value is -3.16. The summed E-state index contributed by atoms with van der Waals surface area (Å²) in [5, 5.41) is 16.6. The van der Waals surface area contributed by atoms with E-state index in [0.717, 1.165) is 35.9 Å². The summed E-state index contributed by atoms with van der Waals surface area (Å²) in [6.07, 6.45) is 9.31. The lowest BCUT2D eigenvalue weighted by molar-refractivity contribution is 0.156. The van der Waals surface area contributed by atoms with Crippen LogP contribution in [0, 0.1) is 0 Å². The van der Waals surface area contributed by atoms with Crippen LogP contribution < -0.4 is 11.2 Å². The van der Waals surface area contributed by atoms with E-state index in [1.54, 1.807) is 6.20 Å². The van der Waals surface area contributed by atoms with E-state index in [1.165, 1.54) is 12.3 Å². The van der Waals surface area contributed by atoms with Gasteiger partial charge in [0.15, 0.2) is 0 Å². The predicted octanol–water partition coefficient (Wildman–Crippen LogP) is 1.38. The van der Waals surface area contributed by atoms with E-state index in [-0.39, 0.29) is 18.2 Å². The fraction of sp³-hybridized carbons (Fsp3) is 0.333. The summed E-state index contributed by atoms with van der Waals surface area (Å²) in [5.74, 6) is -0.419. The minimum Gasteiger partial charge on any atom is -0.494 e. The predicted molar refractivity (Wildman–Crippen MR) is 98.3 cm³/mol. The first-order valence-corrected chi connectivity index (χ1v) is 8.49. The zero-order valence-corrected chi connectivity index (χ0v) is 14.3. The maximum Gasteiger partial charge on any atom is 0.331 e. The van der Waals surface area contributed by atoms with E-state index in [0.29, 0.717) is 0 Å². The number of hydrogen-bond donors (Lipinski definition) is 2. The van der Waals surface area contributed by atoms with Gasteiger partial charge in [-0.05, 0) is 30.9 Å². The van der Waals surface area contributed by atoms with Crippen molar-refractivity contribution >= 4 is 6.21 Å². The van der Waals surface area contributed by atoms with Crippen molar-refractivity contribution in [3.8, 4) is 5.88 Å². The van der Waals surface area contributed by atoms with Crippen molar-refractivity contribution in [1.29, 1.82) is 0 Å². The van der Waals surface area contributed by atoms with Crippen LogP contribution in [-0.4, -0.2) is 37.4 Å². The van der Waals surface area contributed by atoms with Crippen LogP contribution in [0.5, 0.6) is 5.88 Å². The number of pyridine rings is 1. The molecule has 1 fully saturated rings. The minimum atomic E-state index is -0.684. The molecule has 26 heavy (non-hydrogen) atoms. The van der Waals surface area contributed by atoms with Gasteiger partial charge in [0.25, 0.3) is 5.56 Å². The van der Waals surface area contributed by atoms with Gasteiger partial charge in [0.2, 0.25) is 5.88 Å². The third kappa shape index (κ3) is 3.58. The molecule has 0 aromatic carbocycles. The molecule has 2 aromatic heterocycles. The van der Waals surface area contributed by atoms with Crippen molar-refractivity contribution < 1.29 is 5.11 Å². The molecule has 0 unspecified atom stereocenters. The first-order valence-electron chi connectivity index (χ1n) is 8.49. The third-order valence-corrected chi connectivity index (χ3v) is 4.40. The highest BCUT2D eigenvalue weighted by molar-refractivity contribution is 5.81. The number of nitrogens with one attached hydrogen (secondary N) is 1. The molecular weight excluding hydrogens is 334 g/mol. The Labute approximate surface area is 150 Å². The van der Waals surface area contributed by atoms with Crippen molar-refractivity contribution in [2.45, 2.75) is 31.8 Å². The summed E-state index contributed by atoms with van der Waals surface area (Å²) < 4.78 is 1.03. The number of H-pyrrole nitrogens is 1. The molecule has 0 bridgehead atoms. The third-order valence-electron chi connectivity index (χ3n) is 4.40. The van der Waals surface area contributed by atoms with Crippen LogP contribution in [0.3, 0.4) is 0 Å². The summed E-state index contributed by atoms with van der Waals surface area (Å²) in [6, 6.07) is 3.95. The van der Waals surface area contributed by atoms with Crippen molar-refractivity contribution in [1.82, 2.24) is 19.5 Å². The van der Waals surface area contributed by atoms with Crippen molar-refractivity contribution in [3.63, 3.8) is 0 Å².